The van der Waals surface area contributed by atoms with E-state index >= 15 is 0 Å². The molecule has 4 nitrogen and oxygen atoms in total. The summed E-state index contributed by atoms with van der Waals surface area (Å²) in [4.78, 5) is 26.6. The highest BCUT2D eigenvalue weighted by molar-refractivity contribution is 5.95. The lowest BCUT2D eigenvalue weighted by Crippen LogP contribution is -2.37. The van der Waals surface area contributed by atoms with E-state index in [1.165, 1.54) is 24.0 Å². The SMILES string of the molecule is CCCCCNC(=O)c1ccc(Cc2ccc(N(C(C)=O)C3CCCC3)cc2)cc1C. The Kier molecular flexibility index (Phi) is 8.27. The van der Waals surface area contributed by atoms with Crippen LogP contribution in [0.1, 0.15) is 85.8 Å². The monoisotopic (exact) mass is 420 g/mol. The van der Waals surface area contributed by atoms with Crippen LogP contribution in [0.5, 0.6) is 0 Å². The van der Waals surface area contributed by atoms with E-state index in [0.29, 0.717) is 6.04 Å². The van der Waals surface area contributed by atoms with Gasteiger partial charge in [-0.15, -0.1) is 0 Å². The van der Waals surface area contributed by atoms with Crippen LogP contribution in [0.4, 0.5) is 5.69 Å². The molecule has 0 radical (unpaired) electrons. The van der Waals surface area contributed by atoms with Crippen LogP contribution in [0.2, 0.25) is 0 Å². The average Bonchev–Trinajstić information content (AvgIpc) is 3.26. The zero-order chi connectivity index (χ0) is 22.2. The van der Waals surface area contributed by atoms with Gasteiger partial charge >= 0.3 is 0 Å². The molecule has 1 aliphatic carbocycles. The van der Waals surface area contributed by atoms with E-state index in [2.05, 4.69) is 42.6 Å². The number of unbranched alkanes of at least 4 members (excludes halogenated alkanes) is 2. The smallest absolute Gasteiger partial charge is 0.251 e. The quantitative estimate of drug-likeness (QED) is 0.521. The van der Waals surface area contributed by atoms with Gasteiger partial charge in [-0.05, 0) is 67.5 Å². The molecular formula is C27H36N2O2. The van der Waals surface area contributed by atoms with Gasteiger partial charge in [0.25, 0.3) is 5.91 Å². The molecule has 2 amide bonds. The van der Waals surface area contributed by atoms with Crippen molar-refractivity contribution in [3.63, 3.8) is 0 Å². The first-order chi connectivity index (χ1) is 15.0. The zero-order valence-electron chi connectivity index (χ0n) is 19.2. The molecule has 1 N–H and O–H groups in total. The van der Waals surface area contributed by atoms with Crippen LogP contribution in [0.3, 0.4) is 0 Å². The van der Waals surface area contributed by atoms with Crippen LogP contribution in [-0.4, -0.2) is 24.4 Å². The highest BCUT2D eigenvalue weighted by atomic mass is 16.2. The molecule has 0 unspecified atom stereocenters. The predicted octanol–water partition coefficient (Wildman–Crippen LogP) is 5.80. The van der Waals surface area contributed by atoms with Crippen LogP contribution in [0, 0.1) is 6.92 Å². The highest BCUT2D eigenvalue weighted by Gasteiger charge is 2.25. The molecule has 0 atom stereocenters. The largest absolute Gasteiger partial charge is 0.352 e. The number of carbonyl (C=O) groups is 2. The standard InChI is InChI=1S/C27H36N2O2/c1-4-5-8-17-28-27(31)26-16-13-23(18-20(26)2)19-22-11-14-25(15-12-22)29(21(3)30)24-9-6-7-10-24/h11-16,18,24H,4-10,17,19H2,1-3H3,(H,28,31). The fourth-order valence-corrected chi connectivity index (χ4v) is 4.58. The van der Waals surface area contributed by atoms with Gasteiger partial charge in [-0.3, -0.25) is 9.59 Å². The summed E-state index contributed by atoms with van der Waals surface area (Å²) < 4.78 is 0. The predicted molar refractivity (Wildman–Crippen MR) is 128 cm³/mol. The Morgan fingerprint density at radius 2 is 1.68 bits per heavy atom. The molecule has 166 valence electrons. The second-order valence-electron chi connectivity index (χ2n) is 8.78. The number of carbonyl (C=O) groups excluding carboxylic acids is 2. The lowest BCUT2D eigenvalue weighted by Gasteiger charge is -2.28. The van der Waals surface area contributed by atoms with Crippen molar-refractivity contribution in [1.29, 1.82) is 0 Å². The minimum absolute atomic E-state index is 0.0146. The molecule has 0 aliphatic heterocycles. The molecule has 3 rings (SSSR count). The molecule has 1 saturated carbocycles. The van der Waals surface area contributed by atoms with E-state index in [1.807, 2.05) is 24.0 Å². The molecule has 0 bridgehead atoms. The van der Waals surface area contributed by atoms with E-state index in [-0.39, 0.29) is 11.8 Å². The molecule has 4 heteroatoms. The zero-order valence-corrected chi connectivity index (χ0v) is 19.2. The van der Waals surface area contributed by atoms with Crippen molar-refractivity contribution in [2.75, 3.05) is 11.4 Å². The van der Waals surface area contributed by atoms with Crippen LogP contribution < -0.4 is 10.2 Å². The summed E-state index contributed by atoms with van der Waals surface area (Å²) in [5.74, 6) is 0.138. The van der Waals surface area contributed by atoms with Gasteiger partial charge in [-0.1, -0.05) is 56.9 Å². The van der Waals surface area contributed by atoms with Gasteiger partial charge in [-0.25, -0.2) is 0 Å². The third-order valence-corrected chi connectivity index (χ3v) is 6.25. The Morgan fingerprint density at radius 1 is 1.00 bits per heavy atom. The van der Waals surface area contributed by atoms with Gasteiger partial charge < -0.3 is 10.2 Å². The maximum absolute atomic E-state index is 12.4. The van der Waals surface area contributed by atoms with E-state index in [9.17, 15) is 9.59 Å². The number of benzene rings is 2. The fraction of sp³-hybridized carbons (Fsp3) is 0.481. The number of hydrogen-bond acceptors (Lipinski definition) is 2. The van der Waals surface area contributed by atoms with Gasteiger partial charge in [0.2, 0.25) is 5.91 Å². The number of anilines is 1. The van der Waals surface area contributed by atoms with Crippen molar-refractivity contribution in [2.45, 2.75) is 78.2 Å². The molecule has 31 heavy (non-hydrogen) atoms. The van der Waals surface area contributed by atoms with E-state index in [0.717, 1.165) is 61.9 Å². The van der Waals surface area contributed by atoms with E-state index < -0.39 is 0 Å². The fourth-order valence-electron chi connectivity index (χ4n) is 4.58. The molecule has 2 aromatic rings. The summed E-state index contributed by atoms with van der Waals surface area (Å²) in [6, 6.07) is 14.8. The molecule has 1 fully saturated rings. The van der Waals surface area contributed by atoms with Crippen molar-refractivity contribution in [3.05, 3.63) is 64.7 Å². The van der Waals surface area contributed by atoms with Crippen molar-refractivity contribution in [2.24, 2.45) is 0 Å². The van der Waals surface area contributed by atoms with Crippen LogP contribution in [0.15, 0.2) is 42.5 Å². The van der Waals surface area contributed by atoms with E-state index in [4.69, 9.17) is 0 Å². The number of nitrogens with one attached hydrogen (secondary N) is 1. The van der Waals surface area contributed by atoms with E-state index in [1.54, 1.807) is 6.92 Å². The second kappa shape index (κ2) is 11.1. The molecule has 2 aromatic carbocycles. The Balaban J connectivity index is 1.64. The minimum atomic E-state index is 0.0146. The molecular weight excluding hydrogens is 384 g/mol. The summed E-state index contributed by atoms with van der Waals surface area (Å²) in [7, 11) is 0. The van der Waals surface area contributed by atoms with Crippen molar-refractivity contribution >= 4 is 17.5 Å². The van der Waals surface area contributed by atoms with Gasteiger partial charge in [0.15, 0.2) is 0 Å². The first-order valence-electron chi connectivity index (χ1n) is 11.8. The Labute approximate surface area is 187 Å². The van der Waals surface area contributed by atoms with Gasteiger partial charge in [0.05, 0.1) is 0 Å². The minimum Gasteiger partial charge on any atom is -0.352 e. The third-order valence-electron chi connectivity index (χ3n) is 6.25. The summed E-state index contributed by atoms with van der Waals surface area (Å²) >= 11 is 0. The Hall–Kier alpha value is -2.62. The van der Waals surface area contributed by atoms with Crippen molar-refractivity contribution in [1.82, 2.24) is 5.32 Å². The molecule has 0 aromatic heterocycles. The molecule has 0 spiro atoms. The third kappa shape index (κ3) is 6.19. The number of nitrogens with zero attached hydrogens (tertiary/aromatic N) is 1. The summed E-state index contributed by atoms with van der Waals surface area (Å²) in [6.07, 6.45) is 8.73. The summed E-state index contributed by atoms with van der Waals surface area (Å²) in [5, 5.41) is 3.02. The van der Waals surface area contributed by atoms with Gasteiger partial charge in [0, 0.05) is 30.8 Å². The van der Waals surface area contributed by atoms with Crippen LogP contribution in [0.25, 0.3) is 0 Å². The van der Waals surface area contributed by atoms with Crippen molar-refractivity contribution < 1.29 is 9.59 Å². The number of amides is 2. The lowest BCUT2D eigenvalue weighted by molar-refractivity contribution is -0.117. The van der Waals surface area contributed by atoms with Gasteiger partial charge in [-0.2, -0.15) is 0 Å². The van der Waals surface area contributed by atoms with Gasteiger partial charge in [0.1, 0.15) is 0 Å². The van der Waals surface area contributed by atoms with Crippen LogP contribution >= 0.6 is 0 Å². The lowest BCUT2D eigenvalue weighted by atomic mass is 9.99. The molecule has 1 aliphatic rings. The maximum atomic E-state index is 12.4. The number of hydrogen-bond donors (Lipinski definition) is 1. The normalized spacial score (nSPS) is 13.9. The van der Waals surface area contributed by atoms with Crippen molar-refractivity contribution in [3.8, 4) is 0 Å². The van der Waals surface area contributed by atoms with Crippen LogP contribution in [-0.2, 0) is 11.2 Å². The highest BCUT2D eigenvalue weighted by Crippen LogP contribution is 2.29. The topological polar surface area (TPSA) is 49.4 Å². The number of rotatable bonds is 9. The molecule has 0 heterocycles. The Morgan fingerprint density at radius 3 is 2.29 bits per heavy atom. The number of aryl methyl sites for hydroxylation is 1. The summed E-state index contributed by atoms with van der Waals surface area (Å²) in [5.41, 5.74) is 5.15. The average molecular weight is 421 g/mol. The summed E-state index contributed by atoms with van der Waals surface area (Å²) in [6.45, 7) is 6.56. The second-order valence-corrected chi connectivity index (χ2v) is 8.78. The first-order valence-corrected chi connectivity index (χ1v) is 11.8. The molecule has 0 saturated heterocycles. The maximum Gasteiger partial charge on any atom is 0.251 e. The first kappa shape index (κ1) is 23.1. The Bertz CT molecular complexity index is 883.